The number of nitrogens with zero attached hydrogens (tertiary/aromatic N) is 4. The molecule has 10 heteroatoms. The fourth-order valence-electron chi connectivity index (χ4n) is 2.40. The Morgan fingerprint density at radius 1 is 1.11 bits per heavy atom. The summed E-state index contributed by atoms with van der Waals surface area (Å²) in [6.45, 7) is 1.65. The highest BCUT2D eigenvalue weighted by Crippen LogP contribution is 2.19. The summed E-state index contributed by atoms with van der Waals surface area (Å²) in [5.41, 5.74) is 1.30. The van der Waals surface area contributed by atoms with Gasteiger partial charge in [-0.05, 0) is 42.8 Å². The van der Waals surface area contributed by atoms with Gasteiger partial charge in [-0.25, -0.2) is 8.42 Å². The molecular weight excluding hydrogens is 382 g/mol. The molecule has 0 saturated heterocycles. The second-order valence-corrected chi connectivity index (χ2v) is 7.90. The maximum atomic E-state index is 12.6. The van der Waals surface area contributed by atoms with Gasteiger partial charge in [0.15, 0.2) is 15.7 Å². The zero-order chi connectivity index (χ0) is 20.3. The molecule has 9 nitrogen and oxygen atoms in total. The van der Waals surface area contributed by atoms with Crippen LogP contribution in [0.4, 0.5) is 5.95 Å². The molecule has 0 saturated carbocycles. The molecule has 0 atom stereocenters. The Morgan fingerprint density at radius 2 is 1.89 bits per heavy atom. The number of rotatable bonds is 5. The minimum absolute atomic E-state index is 0.0101. The Labute approximate surface area is 161 Å². The average Bonchev–Trinajstić information content (AvgIpc) is 2.67. The van der Waals surface area contributed by atoms with Crippen LogP contribution < -0.4 is 10.1 Å². The predicted molar refractivity (Wildman–Crippen MR) is 102 cm³/mol. The van der Waals surface area contributed by atoms with Crippen molar-refractivity contribution in [3.8, 4) is 17.5 Å². The average molecular weight is 399 g/mol. The number of benzene rings is 1. The van der Waals surface area contributed by atoms with E-state index in [-0.39, 0.29) is 22.7 Å². The number of aryl methyl sites for hydroxylation is 1. The highest BCUT2D eigenvalue weighted by atomic mass is 32.2. The zero-order valence-corrected chi connectivity index (χ0v) is 16.2. The van der Waals surface area contributed by atoms with Crippen molar-refractivity contribution < 1.29 is 17.9 Å². The number of carbonyl (C=O) groups excluding carboxylic acids is 1. The van der Waals surface area contributed by atoms with Crippen LogP contribution in [0.2, 0.25) is 0 Å². The van der Waals surface area contributed by atoms with Crippen molar-refractivity contribution in [2.45, 2.75) is 11.8 Å². The van der Waals surface area contributed by atoms with Gasteiger partial charge in [0.25, 0.3) is 5.91 Å². The van der Waals surface area contributed by atoms with Crippen LogP contribution in [-0.2, 0) is 9.84 Å². The van der Waals surface area contributed by atoms with E-state index in [0.29, 0.717) is 16.8 Å². The van der Waals surface area contributed by atoms with E-state index in [1.165, 1.54) is 25.3 Å². The monoisotopic (exact) mass is 399 g/mol. The van der Waals surface area contributed by atoms with Crippen molar-refractivity contribution in [2.75, 3.05) is 18.7 Å². The van der Waals surface area contributed by atoms with Crippen LogP contribution in [0.3, 0.4) is 0 Å². The number of nitrogens with one attached hydrogen (secondary N) is 1. The van der Waals surface area contributed by atoms with E-state index >= 15 is 0 Å². The summed E-state index contributed by atoms with van der Waals surface area (Å²) in [4.78, 5) is 29.3. The summed E-state index contributed by atoms with van der Waals surface area (Å²) in [6.07, 6.45) is 2.70. The summed E-state index contributed by atoms with van der Waals surface area (Å²) in [5.74, 6) is -0.256. The molecule has 1 amide bonds. The summed E-state index contributed by atoms with van der Waals surface area (Å²) in [6, 6.07) is 9.54. The van der Waals surface area contributed by atoms with Gasteiger partial charge >= 0.3 is 6.01 Å². The highest BCUT2D eigenvalue weighted by molar-refractivity contribution is 7.90. The first-order valence-electron chi connectivity index (χ1n) is 8.11. The number of methoxy groups -OCH3 is 1. The van der Waals surface area contributed by atoms with Crippen LogP contribution in [0.5, 0.6) is 6.01 Å². The number of anilines is 1. The minimum Gasteiger partial charge on any atom is -0.467 e. The molecule has 144 valence electrons. The molecule has 2 heterocycles. The summed E-state index contributed by atoms with van der Waals surface area (Å²) >= 11 is 0. The molecule has 1 aromatic carbocycles. The van der Waals surface area contributed by atoms with E-state index in [1.807, 2.05) is 0 Å². The SMILES string of the molecule is COc1nc(NC(=O)c2ccc(S(C)(=O)=O)cc2C)nc(-c2ccccn2)n1. The van der Waals surface area contributed by atoms with E-state index in [4.69, 9.17) is 4.74 Å². The van der Waals surface area contributed by atoms with E-state index in [1.54, 1.807) is 31.3 Å². The molecule has 3 rings (SSSR count). The third-order valence-corrected chi connectivity index (χ3v) is 4.90. The maximum absolute atomic E-state index is 12.6. The van der Waals surface area contributed by atoms with Crippen molar-refractivity contribution >= 4 is 21.7 Å². The normalized spacial score (nSPS) is 11.1. The molecule has 28 heavy (non-hydrogen) atoms. The number of aromatic nitrogens is 4. The highest BCUT2D eigenvalue weighted by Gasteiger charge is 2.16. The fraction of sp³-hybridized carbons (Fsp3) is 0.167. The quantitative estimate of drug-likeness (QED) is 0.690. The standard InChI is InChI=1S/C18H17N5O4S/c1-11-10-12(28(3,25)26)7-8-13(11)16(24)22-17-20-15(21-18(23-17)27-2)14-6-4-5-9-19-14/h4-10H,1-3H3,(H,20,21,22,23,24). The molecular formula is C18H17N5O4S. The van der Waals surface area contributed by atoms with Crippen LogP contribution in [0.15, 0.2) is 47.5 Å². The first kappa shape index (κ1) is 19.4. The lowest BCUT2D eigenvalue weighted by molar-refractivity contribution is 0.102. The smallest absolute Gasteiger partial charge is 0.321 e. The molecule has 0 aliphatic rings. The van der Waals surface area contributed by atoms with E-state index in [2.05, 4.69) is 25.3 Å². The van der Waals surface area contributed by atoms with Gasteiger partial charge in [0.2, 0.25) is 5.95 Å². The Bertz CT molecular complexity index is 1130. The van der Waals surface area contributed by atoms with Gasteiger partial charge in [-0.3, -0.25) is 15.1 Å². The molecule has 0 aliphatic heterocycles. The van der Waals surface area contributed by atoms with Gasteiger partial charge in [0.1, 0.15) is 5.69 Å². The third-order valence-electron chi connectivity index (χ3n) is 3.79. The van der Waals surface area contributed by atoms with Gasteiger partial charge in [0, 0.05) is 18.0 Å². The van der Waals surface area contributed by atoms with Crippen LogP contribution in [-0.4, -0.2) is 47.6 Å². The van der Waals surface area contributed by atoms with Crippen LogP contribution in [0, 0.1) is 6.92 Å². The first-order valence-corrected chi connectivity index (χ1v) is 10.0. The van der Waals surface area contributed by atoms with Crippen LogP contribution in [0.1, 0.15) is 15.9 Å². The second-order valence-electron chi connectivity index (χ2n) is 5.89. The lowest BCUT2D eigenvalue weighted by Gasteiger charge is -2.09. The Morgan fingerprint density at radius 3 is 2.50 bits per heavy atom. The van der Waals surface area contributed by atoms with Gasteiger partial charge in [-0.15, -0.1) is 0 Å². The van der Waals surface area contributed by atoms with Crippen LogP contribution in [0.25, 0.3) is 11.5 Å². The topological polar surface area (TPSA) is 124 Å². The maximum Gasteiger partial charge on any atom is 0.321 e. The summed E-state index contributed by atoms with van der Waals surface area (Å²) < 4.78 is 28.4. The van der Waals surface area contributed by atoms with E-state index in [0.717, 1.165) is 6.26 Å². The molecule has 0 bridgehead atoms. The van der Waals surface area contributed by atoms with Gasteiger partial charge in [-0.1, -0.05) is 6.07 Å². The lowest BCUT2D eigenvalue weighted by atomic mass is 10.1. The molecule has 0 fully saturated rings. The van der Waals surface area contributed by atoms with E-state index < -0.39 is 15.7 Å². The summed E-state index contributed by atoms with van der Waals surface area (Å²) in [7, 11) is -1.96. The molecule has 0 spiro atoms. The molecule has 2 aromatic heterocycles. The van der Waals surface area contributed by atoms with Crippen LogP contribution >= 0.6 is 0 Å². The van der Waals surface area contributed by atoms with Crippen molar-refractivity contribution in [2.24, 2.45) is 0 Å². The van der Waals surface area contributed by atoms with Gasteiger partial charge in [0.05, 0.1) is 12.0 Å². The third kappa shape index (κ3) is 4.29. The number of sulfone groups is 1. The lowest BCUT2D eigenvalue weighted by Crippen LogP contribution is -2.17. The Hall–Kier alpha value is -3.40. The zero-order valence-electron chi connectivity index (χ0n) is 15.4. The molecule has 0 unspecified atom stereocenters. The number of hydrogen-bond acceptors (Lipinski definition) is 8. The largest absolute Gasteiger partial charge is 0.467 e. The predicted octanol–water partition coefficient (Wildman–Crippen LogP) is 1.91. The number of hydrogen-bond donors (Lipinski definition) is 1. The number of carbonyl (C=O) groups is 1. The van der Waals surface area contributed by atoms with Crippen molar-refractivity contribution in [3.63, 3.8) is 0 Å². The Kier molecular flexibility index (Phi) is 5.32. The molecule has 1 N–H and O–H groups in total. The van der Waals surface area contributed by atoms with Crippen molar-refractivity contribution in [1.29, 1.82) is 0 Å². The van der Waals surface area contributed by atoms with Crippen molar-refractivity contribution in [3.05, 3.63) is 53.7 Å². The molecule has 3 aromatic rings. The minimum atomic E-state index is -3.36. The first-order chi connectivity index (χ1) is 13.3. The number of ether oxygens (including phenoxy) is 1. The molecule has 0 aliphatic carbocycles. The summed E-state index contributed by atoms with van der Waals surface area (Å²) in [5, 5.41) is 2.58. The number of amides is 1. The molecule has 0 radical (unpaired) electrons. The number of pyridine rings is 1. The van der Waals surface area contributed by atoms with Gasteiger partial charge in [-0.2, -0.15) is 15.0 Å². The van der Waals surface area contributed by atoms with E-state index in [9.17, 15) is 13.2 Å². The van der Waals surface area contributed by atoms with Crippen molar-refractivity contribution in [1.82, 2.24) is 19.9 Å². The Balaban J connectivity index is 1.92. The van der Waals surface area contributed by atoms with Gasteiger partial charge < -0.3 is 4.74 Å². The fourth-order valence-corrected chi connectivity index (χ4v) is 3.11. The second kappa shape index (κ2) is 7.69.